The second-order valence-electron chi connectivity index (χ2n) is 4.62. The van der Waals surface area contributed by atoms with E-state index in [1.165, 1.54) is 6.07 Å². The van der Waals surface area contributed by atoms with Crippen LogP contribution in [0.1, 0.15) is 12.5 Å². The van der Waals surface area contributed by atoms with Gasteiger partial charge in [-0.2, -0.15) is 5.26 Å². The first-order chi connectivity index (χ1) is 10.1. The average Bonchev–Trinajstić information content (AvgIpc) is 2.84. The Kier molecular flexibility index (Phi) is 3.36. The topological polar surface area (TPSA) is 41.6 Å². The molecule has 0 saturated heterocycles. The molecule has 0 saturated carbocycles. The number of halogens is 2. The summed E-state index contributed by atoms with van der Waals surface area (Å²) in [5.41, 5.74) is 2.49. The molecule has 5 heteroatoms. The zero-order valence-corrected chi connectivity index (χ0v) is 12.0. The summed E-state index contributed by atoms with van der Waals surface area (Å²) in [6, 6.07) is 11.9. The molecule has 0 atom stereocenters. The molecule has 0 bridgehead atoms. The SMILES string of the molecule is CCn1c(-c2ccc(Cl)cc2F)nc2cc(C#N)ccc21. The third-order valence-corrected chi connectivity index (χ3v) is 3.60. The minimum atomic E-state index is -0.409. The zero-order valence-electron chi connectivity index (χ0n) is 11.3. The number of hydrogen-bond donors (Lipinski definition) is 0. The van der Waals surface area contributed by atoms with E-state index in [2.05, 4.69) is 11.1 Å². The number of aromatic nitrogens is 2. The fourth-order valence-electron chi connectivity index (χ4n) is 2.40. The van der Waals surface area contributed by atoms with Crippen molar-refractivity contribution in [3.63, 3.8) is 0 Å². The largest absolute Gasteiger partial charge is 0.324 e. The van der Waals surface area contributed by atoms with Gasteiger partial charge in [-0.25, -0.2) is 9.37 Å². The highest BCUT2D eigenvalue weighted by Crippen LogP contribution is 2.28. The highest BCUT2D eigenvalue weighted by molar-refractivity contribution is 6.30. The van der Waals surface area contributed by atoms with E-state index in [9.17, 15) is 4.39 Å². The standard InChI is InChI=1S/C16H11ClFN3/c1-2-21-15-6-3-10(9-19)7-14(15)20-16(21)12-5-4-11(17)8-13(12)18/h3-8H,2H2,1H3. The molecule has 0 aliphatic rings. The van der Waals surface area contributed by atoms with Crippen molar-refractivity contribution in [2.75, 3.05) is 0 Å². The van der Waals surface area contributed by atoms with Crippen molar-refractivity contribution >= 4 is 22.6 Å². The van der Waals surface area contributed by atoms with Crippen molar-refractivity contribution < 1.29 is 4.39 Å². The van der Waals surface area contributed by atoms with Gasteiger partial charge in [-0.15, -0.1) is 0 Å². The predicted molar refractivity (Wildman–Crippen MR) is 80.5 cm³/mol. The van der Waals surface area contributed by atoms with Gasteiger partial charge in [-0.05, 0) is 43.3 Å². The van der Waals surface area contributed by atoms with Crippen LogP contribution in [0.4, 0.5) is 4.39 Å². The number of fused-ring (bicyclic) bond motifs is 1. The highest BCUT2D eigenvalue weighted by atomic mass is 35.5. The lowest BCUT2D eigenvalue weighted by molar-refractivity contribution is 0.628. The lowest BCUT2D eigenvalue weighted by Crippen LogP contribution is -1.99. The fourth-order valence-corrected chi connectivity index (χ4v) is 2.55. The van der Waals surface area contributed by atoms with Crippen LogP contribution in [0.5, 0.6) is 0 Å². The molecule has 0 aliphatic heterocycles. The van der Waals surface area contributed by atoms with Crippen LogP contribution in [0.2, 0.25) is 5.02 Å². The lowest BCUT2D eigenvalue weighted by atomic mass is 10.2. The number of aryl methyl sites for hydroxylation is 1. The van der Waals surface area contributed by atoms with E-state index < -0.39 is 5.82 Å². The molecule has 0 aliphatic carbocycles. The monoisotopic (exact) mass is 299 g/mol. The van der Waals surface area contributed by atoms with Crippen LogP contribution >= 0.6 is 11.6 Å². The van der Waals surface area contributed by atoms with Gasteiger partial charge in [0.2, 0.25) is 0 Å². The minimum absolute atomic E-state index is 0.349. The predicted octanol–water partition coefficient (Wildman–Crippen LogP) is 4.39. The van der Waals surface area contributed by atoms with Gasteiger partial charge in [0.15, 0.2) is 0 Å². The van der Waals surface area contributed by atoms with Gasteiger partial charge in [0.05, 0.1) is 28.2 Å². The van der Waals surface area contributed by atoms with Gasteiger partial charge in [0.1, 0.15) is 11.6 Å². The van der Waals surface area contributed by atoms with Crippen molar-refractivity contribution in [3.8, 4) is 17.5 Å². The van der Waals surface area contributed by atoms with E-state index >= 15 is 0 Å². The molecule has 0 spiro atoms. The summed E-state index contributed by atoms with van der Waals surface area (Å²) >= 11 is 5.79. The number of hydrogen-bond acceptors (Lipinski definition) is 2. The summed E-state index contributed by atoms with van der Waals surface area (Å²) in [5.74, 6) is 0.129. The van der Waals surface area contributed by atoms with E-state index in [1.807, 2.05) is 17.6 Å². The number of rotatable bonds is 2. The molecule has 1 heterocycles. The number of imidazole rings is 1. The molecule has 21 heavy (non-hydrogen) atoms. The molecular formula is C16H11ClFN3. The Morgan fingerprint density at radius 1 is 1.29 bits per heavy atom. The van der Waals surface area contributed by atoms with E-state index in [0.717, 1.165) is 5.52 Å². The summed E-state index contributed by atoms with van der Waals surface area (Å²) in [7, 11) is 0. The van der Waals surface area contributed by atoms with Crippen LogP contribution in [-0.2, 0) is 6.54 Å². The maximum atomic E-state index is 14.1. The van der Waals surface area contributed by atoms with Crippen molar-refractivity contribution in [2.45, 2.75) is 13.5 Å². The molecule has 0 amide bonds. The van der Waals surface area contributed by atoms with Crippen LogP contribution in [0.15, 0.2) is 36.4 Å². The first-order valence-electron chi connectivity index (χ1n) is 6.50. The van der Waals surface area contributed by atoms with Gasteiger partial charge < -0.3 is 4.57 Å². The zero-order chi connectivity index (χ0) is 15.0. The summed E-state index contributed by atoms with van der Waals surface area (Å²) < 4.78 is 16.1. The van der Waals surface area contributed by atoms with Crippen molar-refractivity contribution in [2.24, 2.45) is 0 Å². The van der Waals surface area contributed by atoms with Crippen LogP contribution in [-0.4, -0.2) is 9.55 Å². The lowest BCUT2D eigenvalue weighted by Gasteiger charge is -2.07. The minimum Gasteiger partial charge on any atom is -0.324 e. The molecule has 3 aromatic rings. The molecule has 0 fully saturated rings. The van der Waals surface area contributed by atoms with Crippen molar-refractivity contribution in [1.82, 2.24) is 9.55 Å². The first-order valence-corrected chi connectivity index (χ1v) is 6.87. The maximum absolute atomic E-state index is 14.1. The second-order valence-corrected chi connectivity index (χ2v) is 5.06. The third kappa shape index (κ3) is 2.26. The van der Waals surface area contributed by atoms with E-state index in [0.29, 0.717) is 34.0 Å². The van der Waals surface area contributed by atoms with Crippen molar-refractivity contribution in [3.05, 3.63) is 52.8 Å². The molecular weight excluding hydrogens is 289 g/mol. The van der Waals surface area contributed by atoms with Gasteiger partial charge in [-0.1, -0.05) is 11.6 Å². The van der Waals surface area contributed by atoms with Gasteiger partial charge >= 0.3 is 0 Å². The van der Waals surface area contributed by atoms with Gasteiger partial charge in [0.25, 0.3) is 0 Å². The summed E-state index contributed by atoms with van der Waals surface area (Å²) in [6.07, 6.45) is 0. The summed E-state index contributed by atoms with van der Waals surface area (Å²) in [6.45, 7) is 2.62. The Bertz CT molecular complexity index is 877. The molecule has 0 radical (unpaired) electrons. The molecule has 3 nitrogen and oxygen atoms in total. The fraction of sp³-hybridized carbons (Fsp3) is 0.125. The highest BCUT2D eigenvalue weighted by Gasteiger charge is 2.15. The molecule has 0 unspecified atom stereocenters. The number of nitrogens with zero attached hydrogens (tertiary/aromatic N) is 3. The molecule has 104 valence electrons. The Morgan fingerprint density at radius 3 is 2.76 bits per heavy atom. The van der Waals surface area contributed by atoms with E-state index in [1.54, 1.807) is 24.3 Å². The Labute approximate surface area is 126 Å². The van der Waals surface area contributed by atoms with Crippen molar-refractivity contribution in [1.29, 1.82) is 5.26 Å². The number of benzene rings is 2. The van der Waals surface area contributed by atoms with E-state index in [-0.39, 0.29) is 0 Å². The Morgan fingerprint density at radius 2 is 2.10 bits per heavy atom. The van der Waals surface area contributed by atoms with Gasteiger partial charge in [-0.3, -0.25) is 0 Å². The number of nitriles is 1. The quantitative estimate of drug-likeness (QED) is 0.704. The smallest absolute Gasteiger partial charge is 0.144 e. The molecule has 2 aromatic carbocycles. The molecule has 1 aromatic heterocycles. The Balaban J connectivity index is 2.29. The third-order valence-electron chi connectivity index (χ3n) is 3.37. The normalized spacial score (nSPS) is 10.8. The van der Waals surface area contributed by atoms with Gasteiger partial charge in [0, 0.05) is 11.6 Å². The van der Waals surface area contributed by atoms with Crippen LogP contribution in [0.3, 0.4) is 0 Å². The molecule has 3 rings (SSSR count). The first kappa shape index (κ1) is 13.6. The van der Waals surface area contributed by atoms with Crippen LogP contribution < -0.4 is 0 Å². The Hall–Kier alpha value is -2.38. The maximum Gasteiger partial charge on any atom is 0.144 e. The molecule has 0 N–H and O–H groups in total. The van der Waals surface area contributed by atoms with Crippen LogP contribution in [0, 0.1) is 17.1 Å². The second kappa shape index (κ2) is 5.19. The summed E-state index contributed by atoms with van der Waals surface area (Å²) in [5, 5.41) is 9.31. The average molecular weight is 300 g/mol. The summed E-state index contributed by atoms with van der Waals surface area (Å²) in [4.78, 5) is 4.48. The van der Waals surface area contributed by atoms with Crippen LogP contribution in [0.25, 0.3) is 22.4 Å². The van der Waals surface area contributed by atoms with E-state index in [4.69, 9.17) is 16.9 Å².